The van der Waals surface area contributed by atoms with Gasteiger partial charge in [0.15, 0.2) is 0 Å². The number of anilines is 3. The number of nitrogens with two attached hydrogens (primary N) is 1. The Hall–Kier alpha value is -4.24. The van der Waals surface area contributed by atoms with E-state index in [9.17, 15) is 46.0 Å². The van der Waals surface area contributed by atoms with Crippen LogP contribution in [0, 0.1) is 16.0 Å². The van der Waals surface area contributed by atoms with E-state index in [1.807, 2.05) is 0 Å². The van der Waals surface area contributed by atoms with E-state index >= 15 is 0 Å². The first-order valence-corrected chi connectivity index (χ1v) is 11.5. The van der Waals surface area contributed by atoms with Crippen molar-refractivity contribution in [2.75, 3.05) is 35.2 Å². The van der Waals surface area contributed by atoms with Crippen LogP contribution in [0.3, 0.4) is 0 Å². The third-order valence-electron chi connectivity index (χ3n) is 5.89. The highest BCUT2D eigenvalue weighted by molar-refractivity contribution is 6.09. The molecule has 1 heterocycles. The van der Waals surface area contributed by atoms with E-state index in [4.69, 9.17) is 5.73 Å². The second-order valence-electron chi connectivity index (χ2n) is 8.62. The molecule has 1 saturated heterocycles. The number of rotatable bonds is 9. The Bertz CT molecular complexity index is 1210. The van der Waals surface area contributed by atoms with Gasteiger partial charge in [-0.05, 0) is 43.2 Å². The van der Waals surface area contributed by atoms with Crippen molar-refractivity contribution >= 4 is 34.6 Å². The van der Waals surface area contributed by atoms with E-state index in [1.54, 1.807) is 0 Å². The first kappa shape index (κ1) is 29.3. The summed E-state index contributed by atoms with van der Waals surface area (Å²) in [6, 6.07) is 6.29. The van der Waals surface area contributed by atoms with E-state index in [0.29, 0.717) is 0 Å². The number of piperidine rings is 1. The van der Waals surface area contributed by atoms with Gasteiger partial charge in [-0.1, -0.05) is 0 Å². The molecule has 2 aromatic carbocycles. The molecule has 0 spiro atoms. The standard InChI is InChI=1S/C23H23F6N5O5/c24-22(25,26)13-6-9-33(10-7-13)18-12-17(31-8-5-20(30)35)19(34(37)38)11-16(18)21(36)32-14-1-3-15(4-2-14)39-23(27,28)29/h1-4,11-13,31H,5-10H2,(H2,30,35)(H,32,36). The summed E-state index contributed by atoms with van der Waals surface area (Å²) in [6.07, 6.45) is -10.0. The van der Waals surface area contributed by atoms with Gasteiger partial charge in [0.25, 0.3) is 11.6 Å². The summed E-state index contributed by atoms with van der Waals surface area (Å²) < 4.78 is 80.5. The maximum absolute atomic E-state index is 13.2. The highest BCUT2D eigenvalue weighted by Gasteiger charge is 2.41. The molecule has 0 radical (unpaired) electrons. The van der Waals surface area contributed by atoms with Crippen LogP contribution in [-0.4, -0.2) is 48.9 Å². The maximum Gasteiger partial charge on any atom is 0.573 e. The van der Waals surface area contributed by atoms with Crippen LogP contribution in [-0.2, 0) is 4.79 Å². The molecule has 2 aromatic rings. The Kier molecular flexibility index (Phi) is 8.76. The lowest BCUT2D eigenvalue weighted by atomic mass is 9.95. The second kappa shape index (κ2) is 11.7. The number of benzene rings is 2. The van der Waals surface area contributed by atoms with Gasteiger partial charge < -0.3 is 26.0 Å². The van der Waals surface area contributed by atoms with Gasteiger partial charge >= 0.3 is 12.5 Å². The van der Waals surface area contributed by atoms with Gasteiger partial charge in [-0.15, -0.1) is 13.2 Å². The number of amides is 2. The van der Waals surface area contributed by atoms with Gasteiger partial charge in [-0.3, -0.25) is 19.7 Å². The monoisotopic (exact) mass is 563 g/mol. The molecule has 0 saturated carbocycles. The van der Waals surface area contributed by atoms with Crippen molar-refractivity contribution in [1.29, 1.82) is 0 Å². The van der Waals surface area contributed by atoms with Gasteiger partial charge in [0.1, 0.15) is 11.4 Å². The number of hydrogen-bond donors (Lipinski definition) is 3. The summed E-state index contributed by atoms with van der Waals surface area (Å²) in [4.78, 5) is 36.7. The highest BCUT2D eigenvalue weighted by Crippen LogP contribution is 2.39. The first-order valence-electron chi connectivity index (χ1n) is 11.5. The molecule has 4 N–H and O–H groups in total. The fourth-order valence-corrected chi connectivity index (χ4v) is 4.02. The highest BCUT2D eigenvalue weighted by atomic mass is 19.4. The lowest BCUT2D eigenvalue weighted by Gasteiger charge is -2.35. The van der Waals surface area contributed by atoms with Gasteiger partial charge in [0.05, 0.1) is 22.1 Å². The molecule has 3 rings (SSSR count). The van der Waals surface area contributed by atoms with Crippen molar-refractivity contribution in [2.24, 2.45) is 11.7 Å². The molecule has 0 aliphatic carbocycles. The summed E-state index contributed by atoms with van der Waals surface area (Å²) in [5.41, 5.74) is 4.34. The third-order valence-corrected chi connectivity index (χ3v) is 5.89. The van der Waals surface area contributed by atoms with Crippen molar-refractivity contribution in [3.63, 3.8) is 0 Å². The number of nitrogens with one attached hydrogen (secondary N) is 2. The van der Waals surface area contributed by atoms with Crippen molar-refractivity contribution in [3.05, 3.63) is 52.1 Å². The molecule has 0 bridgehead atoms. The molecular formula is C23H23F6N5O5. The number of carbonyl (C=O) groups is 2. The number of nitro groups is 1. The molecule has 1 fully saturated rings. The first-order chi connectivity index (χ1) is 18.1. The average molecular weight is 563 g/mol. The molecule has 10 nitrogen and oxygen atoms in total. The molecule has 212 valence electrons. The number of halogens is 6. The summed E-state index contributed by atoms with van der Waals surface area (Å²) in [5, 5.41) is 16.9. The number of hydrogen-bond acceptors (Lipinski definition) is 7. The third kappa shape index (κ3) is 8.12. The Morgan fingerprint density at radius 3 is 2.21 bits per heavy atom. The van der Waals surface area contributed by atoms with Crippen LogP contribution in [0.4, 0.5) is 49.1 Å². The predicted octanol–water partition coefficient (Wildman–Crippen LogP) is 4.81. The smallest absolute Gasteiger partial charge is 0.406 e. The van der Waals surface area contributed by atoms with Gasteiger partial charge in [0, 0.05) is 37.8 Å². The van der Waals surface area contributed by atoms with Crippen LogP contribution in [0.1, 0.15) is 29.6 Å². The zero-order valence-corrected chi connectivity index (χ0v) is 20.1. The van der Waals surface area contributed by atoms with Crippen LogP contribution in [0.5, 0.6) is 5.75 Å². The lowest BCUT2D eigenvalue weighted by Crippen LogP contribution is -2.39. The summed E-state index contributed by atoms with van der Waals surface area (Å²) >= 11 is 0. The molecule has 2 amide bonds. The molecule has 0 atom stereocenters. The largest absolute Gasteiger partial charge is 0.573 e. The van der Waals surface area contributed by atoms with E-state index in [0.717, 1.165) is 30.3 Å². The second-order valence-corrected chi connectivity index (χ2v) is 8.62. The number of nitro benzene ring substituents is 1. The molecule has 0 aromatic heterocycles. The number of ether oxygens (including phenoxy) is 1. The molecule has 39 heavy (non-hydrogen) atoms. The Balaban J connectivity index is 1.94. The van der Waals surface area contributed by atoms with E-state index in [1.165, 1.54) is 11.0 Å². The molecule has 16 heteroatoms. The minimum atomic E-state index is -4.93. The molecular weight excluding hydrogens is 540 g/mol. The van der Waals surface area contributed by atoms with Crippen LogP contribution in [0.15, 0.2) is 36.4 Å². The van der Waals surface area contributed by atoms with Crippen molar-refractivity contribution in [3.8, 4) is 5.75 Å². The number of nitrogens with zero attached hydrogens (tertiary/aromatic N) is 2. The Labute approximate surface area is 217 Å². The predicted molar refractivity (Wildman–Crippen MR) is 127 cm³/mol. The molecule has 1 aliphatic rings. The maximum atomic E-state index is 13.2. The summed E-state index contributed by atoms with van der Waals surface area (Å²) in [7, 11) is 0. The minimum Gasteiger partial charge on any atom is -0.406 e. The van der Waals surface area contributed by atoms with E-state index in [2.05, 4.69) is 15.4 Å². The Morgan fingerprint density at radius 1 is 1.08 bits per heavy atom. The Morgan fingerprint density at radius 2 is 1.69 bits per heavy atom. The van der Waals surface area contributed by atoms with E-state index < -0.39 is 46.6 Å². The van der Waals surface area contributed by atoms with Crippen molar-refractivity contribution < 1.29 is 45.6 Å². The lowest BCUT2D eigenvalue weighted by molar-refractivity contribution is -0.384. The summed E-state index contributed by atoms with van der Waals surface area (Å²) in [5.74, 6) is -3.66. The zero-order valence-electron chi connectivity index (χ0n) is 20.1. The van der Waals surface area contributed by atoms with Gasteiger partial charge in [0.2, 0.25) is 5.91 Å². The summed E-state index contributed by atoms with van der Waals surface area (Å²) in [6.45, 7) is -0.289. The average Bonchev–Trinajstić information content (AvgIpc) is 2.83. The number of carbonyl (C=O) groups excluding carboxylic acids is 2. The van der Waals surface area contributed by atoms with Crippen molar-refractivity contribution in [2.45, 2.75) is 31.8 Å². The molecule has 1 aliphatic heterocycles. The molecule has 0 unspecified atom stereocenters. The normalized spacial score (nSPS) is 14.6. The number of alkyl halides is 6. The van der Waals surface area contributed by atoms with Crippen LogP contribution >= 0.6 is 0 Å². The van der Waals surface area contributed by atoms with Gasteiger partial charge in [-0.25, -0.2) is 0 Å². The zero-order chi connectivity index (χ0) is 29.0. The topological polar surface area (TPSA) is 140 Å². The van der Waals surface area contributed by atoms with Gasteiger partial charge in [-0.2, -0.15) is 13.2 Å². The van der Waals surface area contributed by atoms with Crippen molar-refractivity contribution in [1.82, 2.24) is 0 Å². The SMILES string of the molecule is NC(=O)CCNc1cc(N2CCC(C(F)(F)F)CC2)c(C(=O)Nc2ccc(OC(F)(F)F)cc2)cc1[N+](=O)[O-]. The quantitative estimate of drug-likeness (QED) is 0.226. The van der Waals surface area contributed by atoms with Crippen LogP contribution < -0.4 is 26.0 Å². The number of primary amides is 1. The van der Waals surface area contributed by atoms with E-state index in [-0.39, 0.29) is 61.5 Å². The van der Waals surface area contributed by atoms with Crippen LogP contribution in [0.25, 0.3) is 0 Å². The fraction of sp³-hybridized carbons (Fsp3) is 0.391. The van der Waals surface area contributed by atoms with Crippen LogP contribution in [0.2, 0.25) is 0 Å². The minimum absolute atomic E-state index is 0.0302. The fourth-order valence-electron chi connectivity index (χ4n) is 4.02.